The van der Waals surface area contributed by atoms with Gasteiger partial charge in [0.1, 0.15) is 0 Å². The molecule has 3 rings (SSSR count). The van der Waals surface area contributed by atoms with Crippen LogP contribution in [0.2, 0.25) is 5.02 Å². The first-order valence-electron chi connectivity index (χ1n) is 8.75. The Kier molecular flexibility index (Phi) is 5.60. The van der Waals surface area contributed by atoms with Crippen LogP contribution in [0, 0.1) is 0 Å². The lowest BCUT2D eigenvalue weighted by atomic mass is 9.95. The van der Waals surface area contributed by atoms with E-state index in [-0.39, 0.29) is 5.56 Å². The second-order valence-electron chi connectivity index (χ2n) is 6.67. The molecule has 0 saturated carbocycles. The summed E-state index contributed by atoms with van der Waals surface area (Å²) in [6.07, 6.45) is 2.94. The lowest BCUT2D eigenvalue weighted by molar-refractivity contribution is 0.457. The number of likely N-dealkylation sites (N-methyl/N-ethyl adjacent to an activating group) is 1. The van der Waals surface area contributed by atoms with Crippen LogP contribution in [0.25, 0.3) is 16.5 Å². The number of hydrogen-bond donors (Lipinski definition) is 1. The maximum Gasteiger partial charge on any atom is 0.251 e. The van der Waals surface area contributed by atoms with E-state index in [1.165, 1.54) is 0 Å². The highest BCUT2D eigenvalue weighted by Crippen LogP contribution is 2.27. The van der Waals surface area contributed by atoms with Crippen molar-refractivity contribution in [2.75, 3.05) is 20.6 Å². The third-order valence-corrected chi connectivity index (χ3v) is 4.68. The summed E-state index contributed by atoms with van der Waals surface area (Å²) in [5, 5.41) is 1.77. The third-order valence-electron chi connectivity index (χ3n) is 4.43. The van der Waals surface area contributed by atoms with E-state index in [0.717, 1.165) is 51.2 Å². The number of aromatic amines is 1. The van der Waals surface area contributed by atoms with Gasteiger partial charge in [-0.1, -0.05) is 42.8 Å². The fourth-order valence-electron chi connectivity index (χ4n) is 2.99. The van der Waals surface area contributed by atoms with Crippen molar-refractivity contribution < 1.29 is 0 Å². The number of fused-ring (bicyclic) bond motifs is 1. The highest BCUT2D eigenvalue weighted by molar-refractivity contribution is 6.30. The molecule has 0 fully saturated rings. The minimum atomic E-state index is -0.00572. The second kappa shape index (κ2) is 7.90. The van der Waals surface area contributed by atoms with Gasteiger partial charge in [0.15, 0.2) is 0 Å². The van der Waals surface area contributed by atoms with E-state index in [2.05, 4.69) is 42.2 Å². The molecule has 3 nitrogen and oxygen atoms in total. The molecular weight excluding hydrogens is 344 g/mol. The standard InChI is InChI=1S/C22H23ClN2O/c1-4-15-13-18-14-17(7-10-21(18)24-22(15)26)20(11-12-25(2)3)16-5-8-19(23)9-6-16/h5-11,13-14H,4,12H2,1-3H3,(H,24,26). The van der Waals surface area contributed by atoms with Crippen LogP contribution >= 0.6 is 11.6 Å². The average molecular weight is 367 g/mol. The first-order valence-corrected chi connectivity index (χ1v) is 9.13. The molecule has 1 aromatic heterocycles. The molecule has 4 heteroatoms. The van der Waals surface area contributed by atoms with Gasteiger partial charge in [-0.15, -0.1) is 0 Å². The molecule has 0 radical (unpaired) electrons. The van der Waals surface area contributed by atoms with Crippen molar-refractivity contribution in [2.45, 2.75) is 13.3 Å². The van der Waals surface area contributed by atoms with Crippen LogP contribution in [0.1, 0.15) is 23.6 Å². The molecule has 0 spiro atoms. The number of rotatable bonds is 5. The number of halogens is 1. The SMILES string of the molecule is CCc1cc2cc(C(=CCN(C)C)c3ccc(Cl)cc3)ccc2[nH]c1=O. The van der Waals surface area contributed by atoms with E-state index in [0.29, 0.717) is 0 Å². The summed E-state index contributed by atoms with van der Waals surface area (Å²) >= 11 is 6.05. The number of nitrogens with zero attached hydrogens (tertiary/aromatic N) is 1. The molecule has 0 aliphatic rings. The van der Waals surface area contributed by atoms with Crippen LogP contribution in [-0.4, -0.2) is 30.5 Å². The highest BCUT2D eigenvalue weighted by Gasteiger charge is 2.08. The van der Waals surface area contributed by atoms with E-state index in [4.69, 9.17) is 11.6 Å². The van der Waals surface area contributed by atoms with Gasteiger partial charge in [0, 0.05) is 22.6 Å². The first kappa shape index (κ1) is 18.4. The predicted molar refractivity (Wildman–Crippen MR) is 111 cm³/mol. The fraction of sp³-hybridized carbons (Fsp3) is 0.227. The molecule has 0 aliphatic heterocycles. The van der Waals surface area contributed by atoms with E-state index in [1.807, 2.05) is 43.3 Å². The smallest absolute Gasteiger partial charge is 0.251 e. The quantitative estimate of drug-likeness (QED) is 0.708. The van der Waals surface area contributed by atoms with Gasteiger partial charge in [-0.25, -0.2) is 0 Å². The Morgan fingerprint density at radius 1 is 1.08 bits per heavy atom. The maximum atomic E-state index is 12.0. The number of aryl methyl sites for hydroxylation is 1. The van der Waals surface area contributed by atoms with Crippen molar-refractivity contribution in [3.63, 3.8) is 0 Å². The molecule has 0 atom stereocenters. The molecule has 2 aromatic carbocycles. The van der Waals surface area contributed by atoms with Gasteiger partial charge in [0.25, 0.3) is 5.56 Å². The first-order chi connectivity index (χ1) is 12.5. The molecule has 1 N–H and O–H groups in total. The summed E-state index contributed by atoms with van der Waals surface area (Å²) in [4.78, 5) is 17.1. The van der Waals surface area contributed by atoms with Crippen molar-refractivity contribution in [1.29, 1.82) is 0 Å². The van der Waals surface area contributed by atoms with Gasteiger partial charge in [-0.2, -0.15) is 0 Å². The van der Waals surface area contributed by atoms with Crippen LogP contribution in [0.4, 0.5) is 0 Å². The van der Waals surface area contributed by atoms with Crippen LogP contribution < -0.4 is 5.56 Å². The second-order valence-corrected chi connectivity index (χ2v) is 7.10. The van der Waals surface area contributed by atoms with Crippen molar-refractivity contribution >= 4 is 28.1 Å². The Labute approximate surface area is 158 Å². The minimum absolute atomic E-state index is 0.00572. The van der Waals surface area contributed by atoms with Crippen LogP contribution in [-0.2, 0) is 6.42 Å². The molecule has 1 heterocycles. The molecule has 26 heavy (non-hydrogen) atoms. The number of H-pyrrole nitrogens is 1. The Balaban J connectivity index is 2.13. The van der Waals surface area contributed by atoms with E-state index in [9.17, 15) is 4.79 Å². The molecule has 0 unspecified atom stereocenters. The highest BCUT2D eigenvalue weighted by atomic mass is 35.5. The van der Waals surface area contributed by atoms with Gasteiger partial charge < -0.3 is 9.88 Å². The third kappa shape index (κ3) is 4.06. The zero-order valence-electron chi connectivity index (χ0n) is 15.3. The summed E-state index contributed by atoms with van der Waals surface area (Å²) in [6, 6.07) is 16.1. The molecule has 0 bridgehead atoms. The zero-order chi connectivity index (χ0) is 18.7. The number of pyridine rings is 1. The lowest BCUT2D eigenvalue weighted by Crippen LogP contribution is -2.12. The topological polar surface area (TPSA) is 36.1 Å². The molecule has 3 aromatic rings. The number of nitrogens with one attached hydrogen (secondary N) is 1. The van der Waals surface area contributed by atoms with Crippen molar-refractivity contribution in [3.05, 3.63) is 86.7 Å². The van der Waals surface area contributed by atoms with E-state index < -0.39 is 0 Å². The van der Waals surface area contributed by atoms with E-state index >= 15 is 0 Å². The average Bonchev–Trinajstić information content (AvgIpc) is 2.62. The van der Waals surface area contributed by atoms with Crippen molar-refractivity contribution in [3.8, 4) is 0 Å². The van der Waals surface area contributed by atoms with Gasteiger partial charge in [-0.05, 0) is 72.9 Å². The Morgan fingerprint density at radius 2 is 1.77 bits per heavy atom. The predicted octanol–water partition coefficient (Wildman–Crippen LogP) is 4.74. The Morgan fingerprint density at radius 3 is 2.42 bits per heavy atom. The van der Waals surface area contributed by atoms with Gasteiger partial charge >= 0.3 is 0 Å². The molecule has 0 amide bonds. The Bertz CT molecular complexity index is 1000. The van der Waals surface area contributed by atoms with Crippen molar-refractivity contribution in [1.82, 2.24) is 9.88 Å². The van der Waals surface area contributed by atoms with Gasteiger partial charge in [-0.3, -0.25) is 4.79 Å². The summed E-state index contributed by atoms with van der Waals surface area (Å²) < 4.78 is 0. The number of benzene rings is 2. The largest absolute Gasteiger partial charge is 0.322 e. The zero-order valence-corrected chi connectivity index (χ0v) is 16.1. The summed E-state index contributed by atoms with van der Waals surface area (Å²) in [6.45, 7) is 2.83. The lowest BCUT2D eigenvalue weighted by Gasteiger charge is -2.13. The van der Waals surface area contributed by atoms with Gasteiger partial charge in [0.05, 0.1) is 0 Å². The monoisotopic (exact) mass is 366 g/mol. The Hall–Kier alpha value is -2.36. The normalized spacial score (nSPS) is 12.1. The minimum Gasteiger partial charge on any atom is -0.322 e. The number of aromatic nitrogens is 1. The summed E-state index contributed by atoms with van der Waals surface area (Å²) in [5.74, 6) is 0. The molecule has 134 valence electrons. The van der Waals surface area contributed by atoms with Crippen LogP contribution in [0.5, 0.6) is 0 Å². The molecular formula is C22H23ClN2O. The van der Waals surface area contributed by atoms with Crippen LogP contribution in [0.3, 0.4) is 0 Å². The molecule has 0 aliphatic carbocycles. The van der Waals surface area contributed by atoms with Crippen LogP contribution in [0.15, 0.2) is 59.4 Å². The van der Waals surface area contributed by atoms with E-state index in [1.54, 1.807) is 0 Å². The number of hydrogen-bond acceptors (Lipinski definition) is 2. The summed E-state index contributed by atoms with van der Waals surface area (Å²) in [7, 11) is 4.10. The maximum absolute atomic E-state index is 12.0. The summed E-state index contributed by atoms with van der Waals surface area (Å²) in [5.41, 5.74) is 5.06. The molecule has 0 saturated heterocycles. The van der Waals surface area contributed by atoms with Crippen molar-refractivity contribution in [2.24, 2.45) is 0 Å². The fourth-order valence-corrected chi connectivity index (χ4v) is 3.11. The van der Waals surface area contributed by atoms with Gasteiger partial charge in [0.2, 0.25) is 0 Å².